The molecule has 0 aromatic rings. The molecule has 82 valence electrons. The van der Waals surface area contributed by atoms with Crippen molar-refractivity contribution in [3.05, 3.63) is 0 Å². The molecule has 1 heterocycles. The summed E-state index contributed by atoms with van der Waals surface area (Å²) < 4.78 is 6.19. The van der Waals surface area contributed by atoms with Crippen LogP contribution in [0, 0.1) is 11.3 Å². The van der Waals surface area contributed by atoms with Crippen molar-refractivity contribution in [2.24, 2.45) is 11.3 Å². The highest BCUT2D eigenvalue weighted by atomic mass is 16.6. The predicted octanol–water partition coefficient (Wildman–Crippen LogP) is 2.49. The molecular weight excluding hydrogens is 174 g/mol. The normalized spacial score (nSPS) is 46.5. The van der Waals surface area contributed by atoms with Crippen LogP contribution < -0.4 is 0 Å². The highest BCUT2D eigenvalue weighted by molar-refractivity contribution is 5.20. The largest absolute Gasteiger partial charge is 0.355 e. The van der Waals surface area contributed by atoms with Gasteiger partial charge in [-0.3, -0.25) is 4.90 Å². The van der Waals surface area contributed by atoms with Crippen molar-refractivity contribution in [1.29, 1.82) is 0 Å². The Bertz CT molecular complexity index is 249. The Morgan fingerprint density at radius 2 is 1.79 bits per heavy atom. The fourth-order valence-electron chi connectivity index (χ4n) is 3.24. The van der Waals surface area contributed by atoms with Gasteiger partial charge in [0.15, 0.2) is 0 Å². The summed E-state index contributed by atoms with van der Waals surface area (Å²) in [6.45, 7) is 14.8. The van der Waals surface area contributed by atoms with E-state index >= 15 is 0 Å². The number of ether oxygens (including phenoxy) is 1. The van der Waals surface area contributed by atoms with Crippen molar-refractivity contribution >= 4 is 0 Å². The lowest BCUT2D eigenvalue weighted by molar-refractivity contribution is -0.0605. The summed E-state index contributed by atoms with van der Waals surface area (Å²) in [4.78, 5) is 2.54. The van der Waals surface area contributed by atoms with E-state index < -0.39 is 0 Å². The number of nitrogens with zero attached hydrogens (tertiary/aromatic N) is 1. The molecule has 0 N–H and O–H groups in total. The first kappa shape index (κ1) is 10.4. The Labute approximate surface area is 87.6 Å². The van der Waals surface area contributed by atoms with E-state index in [1.807, 2.05) is 0 Å². The van der Waals surface area contributed by atoms with Crippen molar-refractivity contribution in [2.45, 2.75) is 59.4 Å². The SMILES string of the molecule is CC(C)N1C[C@@H](C)OC12C(C)C2(C)C. The second kappa shape index (κ2) is 2.73. The van der Waals surface area contributed by atoms with Gasteiger partial charge in [-0.2, -0.15) is 0 Å². The molecule has 2 unspecified atom stereocenters. The molecule has 0 amide bonds. The molecule has 3 atom stereocenters. The minimum Gasteiger partial charge on any atom is -0.355 e. The standard InChI is InChI=1S/C12H23NO/c1-8(2)13-7-9(3)14-12(13)10(4)11(12,5)6/h8-10H,7H2,1-6H3/t9-,10?,12?/m1/s1. The maximum atomic E-state index is 6.19. The molecule has 2 rings (SSSR count). The van der Waals surface area contributed by atoms with Gasteiger partial charge < -0.3 is 4.74 Å². The van der Waals surface area contributed by atoms with E-state index in [2.05, 4.69) is 46.4 Å². The van der Waals surface area contributed by atoms with Crippen LogP contribution in [-0.4, -0.2) is 29.3 Å². The van der Waals surface area contributed by atoms with Crippen LogP contribution in [0.5, 0.6) is 0 Å². The van der Waals surface area contributed by atoms with Crippen LogP contribution in [0.25, 0.3) is 0 Å². The predicted molar refractivity (Wildman–Crippen MR) is 58.1 cm³/mol. The van der Waals surface area contributed by atoms with Gasteiger partial charge >= 0.3 is 0 Å². The van der Waals surface area contributed by atoms with Gasteiger partial charge in [-0.1, -0.05) is 20.8 Å². The van der Waals surface area contributed by atoms with E-state index in [4.69, 9.17) is 4.74 Å². The Morgan fingerprint density at radius 3 is 2.07 bits per heavy atom. The molecule has 14 heavy (non-hydrogen) atoms. The molecule has 2 nitrogen and oxygen atoms in total. The van der Waals surface area contributed by atoms with Crippen molar-refractivity contribution < 1.29 is 4.74 Å². The molecular formula is C12H23NO. The average Bonchev–Trinajstić information content (AvgIpc) is 2.49. The minimum absolute atomic E-state index is 0.0422. The molecule has 0 aromatic carbocycles. The van der Waals surface area contributed by atoms with Crippen LogP contribution >= 0.6 is 0 Å². The summed E-state index contributed by atoms with van der Waals surface area (Å²) in [7, 11) is 0. The number of hydrogen-bond donors (Lipinski definition) is 0. The van der Waals surface area contributed by atoms with E-state index in [1.165, 1.54) is 0 Å². The zero-order valence-corrected chi connectivity index (χ0v) is 10.3. The first-order valence-corrected chi connectivity index (χ1v) is 5.78. The lowest BCUT2D eigenvalue weighted by Gasteiger charge is -2.29. The molecule has 2 heteroatoms. The van der Waals surface area contributed by atoms with Crippen molar-refractivity contribution in [2.75, 3.05) is 6.54 Å². The fraction of sp³-hybridized carbons (Fsp3) is 1.00. The lowest BCUT2D eigenvalue weighted by atomic mass is 10.1. The van der Waals surface area contributed by atoms with Crippen LogP contribution in [0.4, 0.5) is 0 Å². The third-order valence-electron chi connectivity index (χ3n) is 4.39. The molecule has 2 fully saturated rings. The van der Waals surface area contributed by atoms with Crippen LogP contribution in [0.3, 0.4) is 0 Å². The summed E-state index contributed by atoms with van der Waals surface area (Å²) >= 11 is 0. The third-order valence-corrected chi connectivity index (χ3v) is 4.39. The van der Waals surface area contributed by atoms with E-state index in [0.717, 1.165) is 6.54 Å². The van der Waals surface area contributed by atoms with Crippen LogP contribution in [0.15, 0.2) is 0 Å². The quantitative estimate of drug-likeness (QED) is 0.640. The van der Waals surface area contributed by atoms with Crippen LogP contribution in [0.2, 0.25) is 0 Å². The molecule has 1 spiro atoms. The summed E-state index contributed by atoms with van der Waals surface area (Å²) in [5.74, 6) is 0.655. The Morgan fingerprint density at radius 1 is 1.29 bits per heavy atom. The summed E-state index contributed by atoms with van der Waals surface area (Å²) in [5, 5.41) is 0. The maximum Gasteiger partial charge on any atom is 0.131 e. The fourth-order valence-corrected chi connectivity index (χ4v) is 3.24. The molecule has 0 bridgehead atoms. The molecule has 0 radical (unpaired) electrons. The number of hydrogen-bond acceptors (Lipinski definition) is 2. The van der Waals surface area contributed by atoms with Gasteiger partial charge in [0.2, 0.25) is 0 Å². The van der Waals surface area contributed by atoms with E-state index in [1.54, 1.807) is 0 Å². The molecule has 1 aliphatic heterocycles. The summed E-state index contributed by atoms with van der Waals surface area (Å²) in [6, 6.07) is 0.587. The Balaban J connectivity index is 2.28. The zero-order chi connectivity index (χ0) is 10.7. The lowest BCUT2D eigenvalue weighted by Crippen LogP contribution is -2.41. The van der Waals surface area contributed by atoms with Crippen molar-refractivity contribution in [1.82, 2.24) is 4.90 Å². The van der Waals surface area contributed by atoms with Gasteiger partial charge in [-0.05, 0) is 20.8 Å². The van der Waals surface area contributed by atoms with Gasteiger partial charge in [-0.15, -0.1) is 0 Å². The van der Waals surface area contributed by atoms with Gasteiger partial charge in [-0.25, -0.2) is 0 Å². The van der Waals surface area contributed by atoms with Crippen molar-refractivity contribution in [3.63, 3.8) is 0 Å². The first-order chi connectivity index (χ1) is 6.34. The van der Waals surface area contributed by atoms with Crippen molar-refractivity contribution in [3.8, 4) is 0 Å². The Hall–Kier alpha value is -0.0800. The van der Waals surface area contributed by atoms with E-state index in [9.17, 15) is 0 Å². The smallest absolute Gasteiger partial charge is 0.131 e. The van der Waals surface area contributed by atoms with Gasteiger partial charge in [0.25, 0.3) is 0 Å². The Kier molecular flexibility index (Phi) is 2.04. The molecule has 0 aromatic heterocycles. The minimum atomic E-state index is 0.0422. The number of rotatable bonds is 1. The summed E-state index contributed by atoms with van der Waals surface area (Å²) in [5.41, 5.74) is 0.364. The summed E-state index contributed by atoms with van der Waals surface area (Å²) in [6.07, 6.45) is 0.390. The van der Waals surface area contributed by atoms with Crippen LogP contribution in [0.1, 0.15) is 41.5 Å². The maximum absolute atomic E-state index is 6.19. The molecule has 1 saturated heterocycles. The van der Waals surface area contributed by atoms with E-state index in [0.29, 0.717) is 23.5 Å². The van der Waals surface area contributed by atoms with Gasteiger partial charge in [0, 0.05) is 23.9 Å². The zero-order valence-electron chi connectivity index (χ0n) is 10.3. The third kappa shape index (κ3) is 0.989. The molecule has 1 aliphatic carbocycles. The van der Waals surface area contributed by atoms with Gasteiger partial charge in [0.05, 0.1) is 6.10 Å². The second-order valence-electron chi connectivity index (χ2n) is 5.81. The topological polar surface area (TPSA) is 12.5 Å². The molecule has 1 saturated carbocycles. The van der Waals surface area contributed by atoms with Crippen LogP contribution in [-0.2, 0) is 4.74 Å². The highest BCUT2D eigenvalue weighted by Crippen LogP contribution is 2.67. The first-order valence-electron chi connectivity index (χ1n) is 5.78. The molecule has 2 aliphatic rings. The second-order valence-corrected chi connectivity index (χ2v) is 5.81. The van der Waals surface area contributed by atoms with E-state index in [-0.39, 0.29) is 5.72 Å². The monoisotopic (exact) mass is 197 g/mol. The van der Waals surface area contributed by atoms with Gasteiger partial charge in [0.1, 0.15) is 5.72 Å². The average molecular weight is 197 g/mol. The highest BCUT2D eigenvalue weighted by Gasteiger charge is 2.75.